The number of anilines is 1. The summed E-state index contributed by atoms with van der Waals surface area (Å²) in [7, 11) is 1.68. The molecule has 0 radical (unpaired) electrons. The van der Waals surface area contributed by atoms with Crippen molar-refractivity contribution in [1.82, 2.24) is 4.98 Å². The molecule has 1 aliphatic carbocycles. The molecule has 1 aliphatic rings. The number of Topliss-reactive ketones (excluding diaryl/α,β-unsaturated/α-hetero) is 1. The number of amides is 1. The molecule has 5 heteroatoms. The molecule has 0 bridgehead atoms. The summed E-state index contributed by atoms with van der Waals surface area (Å²) in [6.45, 7) is 5.60. The molecule has 5 nitrogen and oxygen atoms in total. The van der Waals surface area contributed by atoms with Crippen LogP contribution in [-0.4, -0.2) is 23.8 Å². The predicted molar refractivity (Wildman–Crippen MR) is 155 cm³/mol. The number of aromatic nitrogens is 1. The van der Waals surface area contributed by atoms with E-state index in [0.29, 0.717) is 17.2 Å². The van der Waals surface area contributed by atoms with Gasteiger partial charge in [-0.3, -0.25) is 9.59 Å². The summed E-state index contributed by atoms with van der Waals surface area (Å²) in [5, 5.41) is 3.92. The average molecular weight is 507 g/mol. The van der Waals surface area contributed by atoms with Crippen LogP contribution in [0.4, 0.5) is 5.69 Å². The molecule has 2 N–H and O–H groups in total. The van der Waals surface area contributed by atoms with Gasteiger partial charge in [-0.25, -0.2) is 0 Å². The molecule has 0 saturated heterocycles. The molecule has 1 saturated carbocycles. The number of hydrogen-bond donors (Lipinski definition) is 2. The molecule has 3 aromatic carbocycles. The number of H-pyrrole nitrogens is 1. The number of ketones is 1. The van der Waals surface area contributed by atoms with Crippen LogP contribution in [0.2, 0.25) is 0 Å². The van der Waals surface area contributed by atoms with Crippen molar-refractivity contribution < 1.29 is 14.3 Å². The molecule has 0 spiro atoms. The predicted octanol–water partition coefficient (Wildman–Crippen LogP) is 8.03. The van der Waals surface area contributed by atoms with Crippen LogP contribution in [0.5, 0.6) is 5.75 Å². The second-order valence-electron chi connectivity index (χ2n) is 10.2. The maximum atomic E-state index is 13.8. The fourth-order valence-corrected chi connectivity index (χ4v) is 5.70. The Hall–Kier alpha value is -4.12. The Bertz CT molecular complexity index is 1490. The third kappa shape index (κ3) is 5.01. The fraction of sp³-hybridized carbons (Fsp3) is 0.273. The van der Waals surface area contributed by atoms with Gasteiger partial charge in [0.15, 0.2) is 5.78 Å². The van der Waals surface area contributed by atoms with Crippen molar-refractivity contribution in [3.63, 3.8) is 0 Å². The summed E-state index contributed by atoms with van der Waals surface area (Å²) in [5.41, 5.74) is 6.09. The molecular weight excluding hydrogens is 472 g/mol. The highest BCUT2D eigenvalue weighted by molar-refractivity contribution is 6.09. The van der Waals surface area contributed by atoms with Gasteiger partial charge >= 0.3 is 0 Å². The number of para-hydroxylation sites is 1. The Morgan fingerprint density at radius 1 is 1.00 bits per heavy atom. The van der Waals surface area contributed by atoms with Crippen LogP contribution < -0.4 is 10.1 Å². The normalized spacial score (nSPS) is 14.7. The Balaban J connectivity index is 1.57. The molecule has 1 unspecified atom stereocenters. The highest BCUT2D eigenvalue weighted by atomic mass is 16.5. The lowest BCUT2D eigenvalue weighted by molar-refractivity contribution is -0.111. The third-order valence-corrected chi connectivity index (χ3v) is 7.91. The molecule has 1 fully saturated rings. The van der Waals surface area contributed by atoms with E-state index in [2.05, 4.69) is 41.1 Å². The zero-order valence-corrected chi connectivity index (χ0v) is 22.1. The van der Waals surface area contributed by atoms with Crippen LogP contribution in [0, 0.1) is 11.8 Å². The lowest BCUT2D eigenvalue weighted by Crippen LogP contribution is -2.24. The van der Waals surface area contributed by atoms with Crippen LogP contribution in [0.1, 0.15) is 49.4 Å². The number of carbonyl (C=O) groups excluding carboxylic acids is 2. The van der Waals surface area contributed by atoms with Crippen LogP contribution in [-0.2, 0) is 4.79 Å². The average Bonchev–Trinajstić information content (AvgIpc) is 3.40. The first-order valence-corrected chi connectivity index (χ1v) is 13.4. The van der Waals surface area contributed by atoms with Crippen LogP contribution >= 0.6 is 0 Å². The molecule has 4 aromatic rings. The highest BCUT2D eigenvalue weighted by Crippen LogP contribution is 2.38. The SMILES string of the molecule is C=CC(=O)Nc1ccc(-c2ccc3[nH]cc(-c4ccccc4OC)c3c2)cc1C(=O)C(C)C1CCCCC1. The molecule has 1 heterocycles. The highest BCUT2D eigenvalue weighted by Gasteiger charge is 2.28. The molecule has 1 atom stereocenters. The number of aromatic amines is 1. The first-order valence-electron chi connectivity index (χ1n) is 13.4. The molecule has 5 rings (SSSR count). The van der Waals surface area contributed by atoms with E-state index in [1.54, 1.807) is 7.11 Å². The van der Waals surface area contributed by atoms with Gasteiger partial charge in [0.25, 0.3) is 0 Å². The van der Waals surface area contributed by atoms with Crippen molar-refractivity contribution in [1.29, 1.82) is 0 Å². The van der Waals surface area contributed by atoms with Crippen molar-refractivity contribution in [2.24, 2.45) is 11.8 Å². The second-order valence-corrected chi connectivity index (χ2v) is 10.2. The van der Waals surface area contributed by atoms with E-state index < -0.39 is 0 Å². The van der Waals surface area contributed by atoms with Crippen LogP contribution in [0.25, 0.3) is 33.2 Å². The smallest absolute Gasteiger partial charge is 0.247 e. The van der Waals surface area contributed by atoms with Gasteiger partial charge in [0, 0.05) is 39.7 Å². The van der Waals surface area contributed by atoms with Gasteiger partial charge < -0.3 is 15.0 Å². The van der Waals surface area contributed by atoms with Gasteiger partial charge in [-0.05, 0) is 66.3 Å². The zero-order valence-electron chi connectivity index (χ0n) is 22.1. The summed E-state index contributed by atoms with van der Waals surface area (Å²) < 4.78 is 5.61. The molecular formula is C33H34N2O3. The van der Waals surface area contributed by atoms with Crippen molar-refractivity contribution >= 4 is 28.3 Å². The first-order chi connectivity index (χ1) is 18.5. The van der Waals surface area contributed by atoms with E-state index in [-0.39, 0.29) is 17.6 Å². The molecule has 38 heavy (non-hydrogen) atoms. The van der Waals surface area contributed by atoms with Gasteiger partial charge in [-0.1, -0.05) is 63.1 Å². The summed E-state index contributed by atoms with van der Waals surface area (Å²) in [4.78, 5) is 29.3. The third-order valence-electron chi connectivity index (χ3n) is 7.91. The maximum Gasteiger partial charge on any atom is 0.247 e. The number of rotatable bonds is 8. The van der Waals surface area contributed by atoms with Crippen molar-refractivity contribution in [3.8, 4) is 28.0 Å². The molecule has 194 valence electrons. The summed E-state index contributed by atoms with van der Waals surface area (Å²) in [6, 6.07) is 19.9. The van der Waals surface area contributed by atoms with E-state index in [1.165, 1.54) is 25.3 Å². The lowest BCUT2D eigenvalue weighted by Gasteiger charge is -2.27. The van der Waals surface area contributed by atoms with Crippen molar-refractivity contribution in [2.45, 2.75) is 39.0 Å². The largest absolute Gasteiger partial charge is 0.496 e. The summed E-state index contributed by atoms with van der Waals surface area (Å²) >= 11 is 0. The number of fused-ring (bicyclic) bond motifs is 1. The quantitative estimate of drug-likeness (QED) is 0.188. The van der Waals surface area contributed by atoms with Gasteiger partial charge in [0.2, 0.25) is 5.91 Å². The number of carbonyl (C=O) groups is 2. The lowest BCUT2D eigenvalue weighted by atomic mass is 9.77. The Morgan fingerprint density at radius 2 is 1.74 bits per heavy atom. The van der Waals surface area contributed by atoms with E-state index in [4.69, 9.17) is 4.74 Å². The monoisotopic (exact) mass is 506 g/mol. The standard InChI is InChI=1S/C33H34N2O3/c1-4-32(36)35-30-17-15-24(19-27(30)33(37)21(2)22-10-6-5-7-11-22)23-14-16-29-26(18-23)28(20-34-29)25-12-8-9-13-31(25)38-3/h4,8-9,12-22,34H,1,5-7,10-11H2,2-3H3,(H,35,36). The Kier molecular flexibility index (Phi) is 7.45. The maximum absolute atomic E-state index is 13.8. The van der Waals surface area contributed by atoms with Gasteiger partial charge in [-0.2, -0.15) is 0 Å². The van der Waals surface area contributed by atoms with E-state index in [0.717, 1.165) is 51.7 Å². The van der Waals surface area contributed by atoms with Crippen molar-refractivity contribution in [3.05, 3.63) is 85.1 Å². The minimum atomic E-state index is -0.327. The van der Waals surface area contributed by atoms with Gasteiger partial charge in [0.05, 0.1) is 12.8 Å². The minimum absolute atomic E-state index is 0.0792. The van der Waals surface area contributed by atoms with E-state index >= 15 is 0 Å². The summed E-state index contributed by atoms with van der Waals surface area (Å²) in [6.07, 6.45) is 8.98. The van der Waals surface area contributed by atoms with Crippen LogP contribution in [0.3, 0.4) is 0 Å². The molecule has 1 aromatic heterocycles. The van der Waals surface area contributed by atoms with Gasteiger partial charge in [0.1, 0.15) is 5.75 Å². The topological polar surface area (TPSA) is 71.2 Å². The Morgan fingerprint density at radius 3 is 2.50 bits per heavy atom. The first kappa shape index (κ1) is 25.5. The molecule has 1 amide bonds. The number of methoxy groups -OCH3 is 1. The minimum Gasteiger partial charge on any atom is -0.496 e. The van der Waals surface area contributed by atoms with E-state index in [1.807, 2.05) is 49.5 Å². The number of benzene rings is 3. The number of hydrogen-bond acceptors (Lipinski definition) is 3. The van der Waals surface area contributed by atoms with Crippen molar-refractivity contribution in [2.75, 3.05) is 12.4 Å². The van der Waals surface area contributed by atoms with Crippen LogP contribution in [0.15, 0.2) is 79.5 Å². The Labute approximate surface area is 223 Å². The summed E-state index contributed by atoms with van der Waals surface area (Å²) in [5.74, 6) is 0.838. The second kappa shape index (κ2) is 11.1. The number of ether oxygens (including phenoxy) is 1. The number of nitrogens with one attached hydrogen (secondary N) is 2. The zero-order chi connectivity index (χ0) is 26.6. The van der Waals surface area contributed by atoms with Gasteiger partial charge in [-0.15, -0.1) is 0 Å². The fourth-order valence-electron chi connectivity index (χ4n) is 5.70. The van der Waals surface area contributed by atoms with E-state index in [9.17, 15) is 9.59 Å². The molecule has 0 aliphatic heterocycles.